The summed E-state index contributed by atoms with van der Waals surface area (Å²) in [5, 5.41) is 0.870. The van der Waals surface area contributed by atoms with Crippen LogP contribution in [0.15, 0.2) is 56.2 Å². The van der Waals surface area contributed by atoms with E-state index in [1.807, 2.05) is 18.2 Å². The summed E-state index contributed by atoms with van der Waals surface area (Å²) in [4.78, 5) is 14.7. The molecule has 3 heterocycles. The number of sulfone groups is 1. The molecule has 1 amide bonds. The number of benzene rings is 1. The predicted octanol–water partition coefficient (Wildman–Crippen LogP) is 3.55. The van der Waals surface area contributed by atoms with Gasteiger partial charge in [0.2, 0.25) is 5.91 Å². The summed E-state index contributed by atoms with van der Waals surface area (Å²) in [5.41, 5.74) is 1.49. The summed E-state index contributed by atoms with van der Waals surface area (Å²) < 4.78 is 35.7. The number of carbonyl (C=O) groups excluding carboxylic acids is 1. The lowest BCUT2D eigenvalue weighted by atomic mass is 10.1. The molecule has 0 saturated carbocycles. The van der Waals surface area contributed by atoms with Gasteiger partial charge in [-0.3, -0.25) is 4.79 Å². The fourth-order valence-electron chi connectivity index (χ4n) is 3.47. The van der Waals surface area contributed by atoms with Crippen molar-refractivity contribution in [1.82, 2.24) is 4.90 Å². The Morgan fingerprint density at radius 1 is 1.26 bits per heavy atom. The summed E-state index contributed by atoms with van der Waals surface area (Å²) in [6.45, 7) is 0.255. The molecule has 0 N–H and O–H groups in total. The lowest BCUT2D eigenvalue weighted by Crippen LogP contribution is -2.41. The molecule has 1 fully saturated rings. The van der Waals surface area contributed by atoms with Gasteiger partial charge in [0.25, 0.3) is 0 Å². The molecule has 27 heavy (non-hydrogen) atoms. The SMILES string of the molecule is O=C(Cc1coc2ccc(Br)cc12)N(Cc1ccco1)C1CCS(=O)(=O)C1. The van der Waals surface area contributed by atoms with E-state index in [2.05, 4.69) is 15.9 Å². The molecule has 1 unspecified atom stereocenters. The summed E-state index contributed by atoms with van der Waals surface area (Å²) in [7, 11) is -3.10. The monoisotopic (exact) mass is 451 g/mol. The quantitative estimate of drug-likeness (QED) is 0.592. The van der Waals surface area contributed by atoms with Crippen LogP contribution in [-0.2, 0) is 27.6 Å². The highest BCUT2D eigenvalue weighted by molar-refractivity contribution is 9.10. The molecule has 0 bridgehead atoms. The van der Waals surface area contributed by atoms with Crippen LogP contribution in [0.4, 0.5) is 0 Å². The molecule has 8 heteroatoms. The average Bonchev–Trinajstić information content (AvgIpc) is 3.34. The van der Waals surface area contributed by atoms with Crippen molar-refractivity contribution in [2.45, 2.75) is 25.4 Å². The third-order valence-electron chi connectivity index (χ3n) is 4.83. The molecule has 3 aromatic rings. The van der Waals surface area contributed by atoms with Gasteiger partial charge in [0.15, 0.2) is 9.84 Å². The topological polar surface area (TPSA) is 80.7 Å². The molecular weight excluding hydrogens is 434 g/mol. The standard InChI is InChI=1S/C19H18BrNO5S/c20-14-3-4-18-17(9-14)13(11-26-18)8-19(22)21(10-16-2-1-6-25-16)15-5-7-27(23,24)12-15/h1-4,6,9,11,15H,5,7-8,10,12H2. The predicted molar refractivity (Wildman–Crippen MR) is 104 cm³/mol. The molecule has 0 spiro atoms. The van der Waals surface area contributed by atoms with Crippen LogP contribution in [0.2, 0.25) is 0 Å². The zero-order valence-electron chi connectivity index (χ0n) is 14.4. The lowest BCUT2D eigenvalue weighted by Gasteiger charge is -2.27. The maximum atomic E-state index is 13.1. The molecular formula is C19H18BrNO5S. The smallest absolute Gasteiger partial charge is 0.227 e. The van der Waals surface area contributed by atoms with E-state index in [-0.39, 0.29) is 36.4 Å². The van der Waals surface area contributed by atoms with E-state index in [4.69, 9.17) is 8.83 Å². The van der Waals surface area contributed by atoms with Gasteiger partial charge in [0, 0.05) is 21.5 Å². The van der Waals surface area contributed by atoms with E-state index in [1.54, 1.807) is 29.6 Å². The Morgan fingerprint density at radius 2 is 2.11 bits per heavy atom. The molecule has 0 radical (unpaired) electrons. The van der Waals surface area contributed by atoms with Gasteiger partial charge in [0.1, 0.15) is 11.3 Å². The van der Waals surface area contributed by atoms with Gasteiger partial charge in [0.05, 0.1) is 37.0 Å². The highest BCUT2D eigenvalue weighted by Gasteiger charge is 2.35. The van der Waals surface area contributed by atoms with Crippen molar-refractivity contribution in [2.75, 3.05) is 11.5 Å². The Balaban J connectivity index is 1.60. The van der Waals surface area contributed by atoms with Crippen LogP contribution < -0.4 is 0 Å². The van der Waals surface area contributed by atoms with Gasteiger partial charge in [-0.15, -0.1) is 0 Å². The van der Waals surface area contributed by atoms with Crippen molar-refractivity contribution >= 4 is 42.6 Å². The maximum absolute atomic E-state index is 13.1. The second-order valence-electron chi connectivity index (χ2n) is 6.74. The van der Waals surface area contributed by atoms with Gasteiger partial charge in [-0.05, 0) is 36.8 Å². The normalized spacial score (nSPS) is 18.8. The Hall–Kier alpha value is -2.06. The van der Waals surface area contributed by atoms with Crippen molar-refractivity contribution in [3.05, 3.63) is 58.7 Å². The first kappa shape index (κ1) is 18.3. The summed E-state index contributed by atoms with van der Waals surface area (Å²) in [6, 6.07) is 8.84. The van der Waals surface area contributed by atoms with Crippen LogP contribution in [0.1, 0.15) is 17.7 Å². The molecule has 1 aliphatic rings. The fraction of sp³-hybridized carbons (Fsp3) is 0.316. The fourth-order valence-corrected chi connectivity index (χ4v) is 5.56. The maximum Gasteiger partial charge on any atom is 0.227 e. The molecule has 1 aromatic carbocycles. The van der Waals surface area contributed by atoms with Crippen LogP contribution in [-0.4, -0.2) is 36.8 Å². The number of carbonyl (C=O) groups is 1. The molecule has 2 aromatic heterocycles. The molecule has 4 rings (SSSR count). The van der Waals surface area contributed by atoms with Gasteiger partial charge in [-0.2, -0.15) is 0 Å². The minimum atomic E-state index is -3.10. The number of hydrogen-bond donors (Lipinski definition) is 0. The highest BCUT2D eigenvalue weighted by atomic mass is 79.9. The largest absolute Gasteiger partial charge is 0.467 e. The van der Waals surface area contributed by atoms with Crippen molar-refractivity contribution in [2.24, 2.45) is 0 Å². The second-order valence-corrected chi connectivity index (χ2v) is 9.88. The van der Waals surface area contributed by atoms with E-state index >= 15 is 0 Å². The van der Waals surface area contributed by atoms with Crippen LogP contribution in [0.25, 0.3) is 11.0 Å². The first-order valence-electron chi connectivity index (χ1n) is 8.59. The van der Waals surface area contributed by atoms with Gasteiger partial charge >= 0.3 is 0 Å². The Kier molecular flexibility index (Phi) is 4.86. The molecule has 1 aliphatic heterocycles. The number of hydrogen-bond acceptors (Lipinski definition) is 5. The Morgan fingerprint density at radius 3 is 2.81 bits per heavy atom. The van der Waals surface area contributed by atoms with Crippen LogP contribution in [0.3, 0.4) is 0 Å². The molecule has 6 nitrogen and oxygen atoms in total. The Labute approximate surface area is 165 Å². The van der Waals surface area contributed by atoms with Crippen LogP contribution in [0, 0.1) is 0 Å². The van der Waals surface area contributed by atoms with Crippen molar-refractivity contribution in [1.29, 1.82) is 0 Å². The van der Waals surface area contributed by atoms with E-state index in [1.165, 1.54) is 0 Å². The van der Waals surface area contributed by atoms with E-state index in [0.29, 0.717) is 17.8 Å². The number of furan rings is 2. The average molecular weight is 452 g/mol. The minimum Gasteiger partial charge on any atom is -0.467 e. The first-order chi connectivity index (χ1) is 12.9. The zero-order chi connectivity index (χ0) is 19.0. The third-order valence-corrected chi connectivity index (χ3v) is 7.08. The molecule has 1 saturated heterocycles. The van der Waals surface area contributed by atoms with Crippen LogP contribution in [0.5, 0.6) is 0 Å². The molecule has 142 valence electrons. The van der Waals surface area contributed by atoms with Crippen molar-refractivity contribution in [3.8, 4) is 0 Å². The molecule has 0 aliphatic carbocycles. The van der Waals surface area contributed by atoms with E-state index in [0.717, 1.165) is 15.4 Å². The minimum absolute atomic E-state index is 0.00285. The number of nitrogens with zero attached hydrogens (tertiary/aromatic N) is 1. The molecule has 1 atom stereocenters. The lowest BCUT2D eigenvalue weighted by molar-refractivity contribution is -0.133. The number of rotatable bonds is 5. The van der Waals surface area contributed by atoms with E-state index in [9.17, 15) is 13.2 Å². The summed E-state index contributed by atoms with van der Waals surface area (Å²) >= 11 is 3.44. The van der Waals surface area contributed by atoms with Crippen molar-refractivity contribution in [3.63, 3.8) is 0 Å². The summed E-state index contributed by atoms with van der Waals surface area (Å²) in [5.74, 6) is 0.599. The van der Waals surface area contributed by atoms with Gasteiger partial charge < -0.3 is 13.7 Å². The van der Waals surface area contributed by atoms with Crippen LogP contribution >= 0.6 is 15.9 Å². The highest BCUT2D eigenvalue weighted by Crippen LogP contribution is 2.27. The van der Waals surface area contributed by atoms with Gasteiger partial charge in [-0.25, -0.2) is 8.42 Å². The zero-order valence-corrected chi connectivity index (χ0v) is 16.8. The number of fused-ring (bicyclic) bond motifs is 1. The third kappa shape index (κ3) is 3.96. The number of halogens is 1. The first-order valence-corrected chi connectivity index (χ1v) is 11.2. The van der Waals surface area contributed by atoms with Gasteiger partial charge in [-0.1, -0.05) is 15.9 Å². The second kappa shape index (κ2) is 7.16. The van der Waals surface area contributed by atoms with Crippen molar-refractivity contribution < 1.29 is 22.0 Å². The Bertz CT molecular complexity index is 1070. The van der Waals surface area contributed by atoms with E-state index < -0.39 is 9.84 Å². The summed E-state index contributed by atoms with van der Waals surface area (Å²) in [6.07, 6.45) is 3.73. The number of amides is 1.